The van der Waals surface area contributed by atoms with Gasteiger partial charge in [0, 0.05) is 0 Å². The Morgan fingerprint density at radius 1 is 1.22 bits per heavy atom. The van der Waals surface area contributed by atoms with Gasteiger partial charge in [-0.25, -0.2) is 17.4 Å². The molecule has 0 saturated carbocycles. The summed E-state index contributed by atoms with van der Waals surface area (Å²) in [5.74, 6) is -0.117. The van der Waals surface area contributed by atoms with E-state index in [1.807, 2.05) is 0 Å². The first kappa shape index (κ1) is 12.3. The van der Waals surface area contributed by atoms with E-state index >= 15 is 0 Å². The van der Waals surface area contributed by atoms with Crippen molar-refractivity contribution in [2.24, 2.45) is 0 Å². The van der Waals surface area contributed by atoms with E-state index in [1.165, 1.54) is 12.1 Å². The van der Waals surface area contributed by atoms with Gasteiger partial charge in [-0.2, -0.15) is 5.26 Å². The number of imidazole rings is 1. The Morgan fingerprint density at radius 3 is 2.39 bits per heavy atom. The SMILES string of the molecule is Cc1nc(C#N)n(S(=O)(=O)c2ccccc2)c1C. The predicted octanol–water partition coefficient (Wildman–Crippen LogP) is 1.61. The van der Waals surface area contributed by atoms with Crippen LogP contribution in [-0.4, -0.2) is 17.4 Å². The lowest BCUT2D eigenvalue weighted by Gasteiger charge is -2.08. The molecule has 0 fully saturated rings. The summed E-state index contributed by atoms with van der Waals surface area (Å²) in [6, 6.07) is 9.79. The first-order chi connectivity index (χ1) is 8.48. The lowest BCUT2D eigenvalue weighted by Crippen LogP contribution is -2.16. The number of nitriles is 1. The van der Waals surface area contributed by atoms with E-state index in [4.69, 9.17) is 5.26 Å². The molecule has 0 unspecified atom stereocenters. The molecule has 0 aliphatic rings. The molecule has 1 aromatic heterocycles. The number of hydrogen-bond acceptors (Lipinski definition) is 4. The monoisotopic (exact) mass is 261 g/mol. The highest BCUT2D eigenvalue weighted by molar-refractivity contribution is 7.90. The van der Waals surface area contributed by atoms with Gasteiger partial charge in [0.2, 0.25) is 5.82 Å². The van der Waals surface area contributed by atoms with Gasteiger partial charge in [0.25, 0.3) is 10.0 Å². The highest BCUT2D eigenvalue weighted by Gasteiger charge is 2.24. The van der Waals surface area contributed by atoms with E-state index in [9.17, 15) is 8.42 Å². The molecule has 1 heterocycles. The van der Waals surface area contributed by atoms with Gasteiger partial charge in [-0.15, -0.1) is 0 Å². The van der Waals surface area contributed by atoms with Crippen molar-refractivity contribution in [1.29, 1.82) is 5.26 Å². The van der Waals surface area contributed by atoms with Gasteiger partial charge in [-0.05, 0) is 26.0 Å². The second kappa shape index (κ2) is 4.27. The van der Waals surface area contributed by atoms with Crippen LogP contribution in [0.2, 0.25) is 0 Å². The maximum atomic E-state index is 12.4. The molecule has 0 radical (unpaired) electrons. The van der Waals surface area contributed by atoms with Crippen molar-refractivity contribution in [1.82, 2.24) is 8.96 Å². The third kappa shape index (κ3) is 1.79. The first-order valence-electron chi connectivity index (χ1n) is 5.25. The molecule has 1 aromatic carbocycles. The van der Waals surface area contributed by atoms with Crippen molar-refractivity contribution in [3.8, 4) is 6.07 Å². The fraction of sp³-hybridized carbons (Fsp3) is 0.167. The van der Waals surface area contributed by atoms with E-state index < -0.39 is 10.0 Å². The van der Waals surface area contributed by atoms with Gasteiger partial charge in [0.15, 0.2) is 0 Å². The van der Waals surface area contributed by atoms with E-state index in [1.54, 1.807) is 38.1 Å². The van der Waals surface area contributed by atoms with E-state index in [0.717, 1.165) is 3.97 Å². The number of rotatable bonds is 2. The molecule has 2 aromatic rings. The largest absolute Gasteiger partial charge is 0.270 e. The van der Waals surface area contributed by atoms with Crippen molar-refractivity contribution in [3.05, 3.63) is 47.5 Å². The minimum absolute atomic E-state index is 0.117. The number of benzene rings is 1. The molecule has 5 nitrogen and oxygen atoms in total. The van der Waals surface area contributed by atoms with Crippen LogP contribution in [-0.2, 0) is 10.0 Å². The van der Waals surface area contributed by atoms with E-state index in [-0.39, 0.29) is 10.7 Å². The van der Waals surface area contributed by atoms with Gasteiger partial charge in [-0.3, -0.25) is 0 Å². The molecule has 0 atom stereocenters. The van der Waals surface area contributed by atoms with Crippen LogP contribution in [0.4, 0.5) is 0 Å². The number of aromatic nitrogens is 2. The van der Waals surface area contributed by atoms with Gasteiger partial charge in [-0.1, -0.05) is 18.2 Å². The van der Waals surface area contributed by atoms with E-state index in [0.29, 0.717) is 11.4 Å². The average Bonchev–Trinajstić information content (AvgIpc) is 2.67. The van der Waals surface area contributed by atoms with Crippen molar-refractivity contribution in [2.75, 3.05) is 0 Å². The summed E-state index contributed by atoms with van der Waals surface area (Å²) in [7, 11) is -3.76. The fourth-order valence-electron chi connectivity index (χ4n) is 1.65. The van der Waals surface area contributed by atoms with Crippen LogP contribution in [0, 0.1) is 25.2 Å². The Bertz CT molecular complexity index is 725. The summed E-state index contributed by atoms with van der Waals surface area (Å²) in [5.41, 5.74) is 0.987. The van der Waals surface area contributed by atoms with Crippen molar-refractivity contribution >= 4 is 10.0 Å². The third-order valence-electron chi connectivity index (χ3n) is 2.68. The molecule has 0 aliphatic heterocycles. The van der Waals surface area contributed by atoms with Crippen LogP contribution in [0.3, 0.4) is 0 Å². The van der Waals surface area contributed by atoms with Crippen molar-refractivity contribution < 1.29 is 8.42 Å². The fourth-order valence-corrected chi connectivity index (χ4v) is 3.17. The molecule has 0 saturated heterocycles. The number of nitrogens with zero attached hydrogens (tertiary/aromatic N) is 3. The minimum Gasteiger partial charge on any atom is -0.223 e. The van der Waals surface area contributed by atoms with Gasteiger partial charge >= 0.3 is 0 Å². The Kier molecular flexibility index (Phi) is 2.93. The number of hydrogen-bond donors (Lipinski definition) is 0. The standard InChI is InChI=1S/C12H11N3O2S/c1-9-10(2)15(12(8-13)14-9)18(16,17)11-6-4-3-5-7-11/h3-7H,1-2H3. The molecular weight excluding hydrogens is 250 g/mol. The molecule has 0 spiro atoms. The smallest absolute Gasteiger partial charge is 0.223 e. The topological polar surface area (TPSA) is 75.8 Å². The minimum atomic E-state index is -3.76. The van der Waals surface area contributed by atoms with Gasteiger partial charge in [0.1, 0.15) is 6.07 Å². The lowest BCUT2D eigenvalue weighted by atomic mass is 10.4. The molecule has 18 heavy (non-hydrogen) atoms. The average molecular weight is 261 g/mol. The summed E-state index contributed by atoms with van der Waals surface area (Å²) in [6.45, 7) is 3.30. The Morgan fingerprint density at radius 2 is 1.83 bits per heavy atom. The molecular formula is C12H11N3O2S. The second-order valence-electron chi connectivity index (χ2n) is 3.80. The molecule has 0 aliphatic carbocycles. The lowest BCUT2D eigenvalue weighted by molar-refractivity contribution is 0.585. The van der Waals surface area contributed by atoms with Crippen LogP contribution in [0.1, 0.15) is 17.2 Å². The Balaban J connectivity index is 2.74. The quantitative estimate of drug-likeness (QED) is 0.823. The van der Waals surface area contributed by atoms with Crippen LogP contribution < -0.4 is 0 Å². The predicted molar refractivity (Wildman–Crippen MR) is 65.4 cm³/mol. The first-order valence-corrected chi connectivity index (χ1v) is 6.69. The zero-order valence-electron chi connectivity index (χ0n) is 9.95. The summed E-state index contributed by atoms with van der Waals surface area (Å²) in [5, 5.41) is 8.97. The van der Waals surface area contributed by atoms with Gasteiger partial charge < -0.3 is 0 Å². The Labute approximate surface area is 105 Å². The summed E-state index contributed by atoms with van der Waals surface area (Å²) >= 11 is 0. The summed E-state index contributed by atoms with van der Waals surface area (Å²) < 4.78 is 25.8. The summed E-state index contributed by atoms with van der Waals surface area (Å²) in [4.78, 5) is 4.08. The Hall–Kier alpha value is -2.13. The maximum absolute atomic E-state index is 12.4. The molecule has 0 bridgehead atoms. The number of aryl methyl sites for hydroxylation is 1. The maximum Gasteiger partial charge on any atom is 0.270 e. The van der Waals surface area contributed by atoms with Crippen LogP contribution >= 0.6 is 0 Å². The molecule has 0 N–H and O–H groups in total. The second-order valence-corrected chi connectivity index (χ2v) is 5.59. The zero-order chi connectivity index (χ0) is 13.3. The third-order valence-corrected chi connectivity index (χ3v) is 4.47. The zero-order valence-corrected chi connectivity index (χ0v) is 10.8. The van der Waals surface area contributed by atoms with Crippen LogP contribution in [0.15, 0.2) is 35.2 Å². The highest BCUT2D eigenvalue weighted by Crippen LogP contribution is 2.19. The van der Waals surface area contributed by atoms with Crippen LogP contribution in [0.25, 0.3) is 0 Å². The normalized spacial score (nSPS) is 11.2. The molecule has 6 heteroatoms. The van der Waals surface area contributed by atoms with E-state index in [2.05, 4.69) is 4.98 Å². The van der Waals surface area contributed by atoms with Crippen molar-refractivity contribution in [3.63, 3.8) is 0 Å². The molecule has 0 amide bonds. The summed E-state index contributed by atoms with van der Waals surface area (Å²) in [6.07, 6.45) is 0. The molecule has 2 rings (SSSR count). The van der Waals surface area contributed by atoms with Crippen molar-refractivity contribution in [2.45, 2.75) is 18.7 Å². The van der Waals surface area contributed by atoms with Gasteiger partial charge in [0.05, 0.1) is 16.3 Å². The molecule has 92 valence electrons. The highest BCUT2D eigenvalue weighted by atomic mass is 32.2. The van der Waals surface area contributed by atoms with Crippen LogP contribution in [0.5, 0.6) is 0 Å².